The molecule has 0 amide bonds. The number of benzene rings is 1. The van der Waals surface area contributed by atoms with Gasteiger partial charge in [0.15, 0.2) is 0 Å². The first kappa shape index (κ1) is 16.0. The highest BCUT2D eigenvalue weighted by atomic mass is 16.4. The van der Waals surface area contributed by atoms with Crippen molar-refractivity contribution >= 4 is 5.97 Å². The summed E-state index contributed by atoms with van der Waals surface area (Å²) in [7, 11) is 0. The Labute approximate surface area is 128 Å². The Hall–Kier alpha value is -1.35. The van der Waals surface area contributed by atoms with E-state index in [2.05, 4.69) is 56.9 Å². The predicted molar refractivity (Wildman–Crippen MR) is 85.4 cm³/mol. The monoisotopic (exact) mass is 289 g/mol. The van der Waals surface area contributed by atoms with Crippen molar-refractivity contribution in [2.24, 2.45) is 11.8 Å². The molecule has 0 bridgehead atoms. The van der Waals surface area contributed by atoms with Crippen LogP contribution in [0.1, 0.15) is 51.8 Å². The van der Waals surface area contributed by atoms with Gasteiger partial charge in [0, 0.05) is 19.1 Å². The van der Waals surface area contributed by atoms with Gasteiger partial charge in [0.05, 0.1) is 5.92 Å². The van der Waals surface area contributed by atoms with E-state index in [1.807, 2.05) is 6.92 Å². The lowest BCUT2D eigenvalue weighted by molar-refractivity contribution is -0.142. The Kier molecular flexibility index (Phi) is 4.43. The third-order valence-electron chi connectivity index (χ3n) is 4.76. The van der Waals surface area contributed by atoms with Crippen molar-refractivity contribution in [3.63, 3.8) is 0 Å². The average molecular weight is 289 g/mol. The molecule has 1 aromatic carbocycles. The van der Waals surface area contributed by atoms with E-state index in [9.17, 15) is 9.90 Å². The second-order valence-corrected chi connectivity index (χ2v) is 7.42. The normalized spacial score (nSPS) is 25.0. The highest BCUT2D eigenvalue weighted by Gasteiger charge is 2.36. The van der Waals surface area contributed by atoms with Crippen LogP contribution in [-0.4, -0.2) is 29.1 Å². The molecule has 1 aliphatic heterocycles. The zero-order valence-corrected chi connectivity index (χ0v) is 13.8. The van der Waals surface area contributed by atoms with Gasteiger partial charge in [-0.1, -0.05) is 52.0 Å². The molecule has 3 unspecified atom stereocenters. The molecular formula is C18H27NO2. The van der Waals surface area contributed by atoms with Gasteiger partial charge in [-0.2, -0.15) is 0 Å². The minimum Gasteiger partial charge on any atom is -0.481 e. The van der Waals surface area contributed by atoms with Gasteiger partial charge in [0.25, 0.3) is 0 Å². The van der Waals surface area contributed by atoms with Crippen molar-refractivity contribution in [3.8, 4) is 0 Å². The summed E-state index contributed by atoms with van der Waals surface area (Å²) in [6, 6.07) is 9.03. The van der Waals surface area contributed by atoms with Crippen molar-refractivity contribution in [2.75, 3.05) is 13.1 Å². The van der Waals surface area contributed by atoms with Gasteiger partial charge in [0.1, 0.15) is 0 Å². The molecule has 2 rings (SSSR count). The standard InChI is InChI=1S/C18H27NO2/c1-12-10-19(11-16(12)17(20)21)13(2)14-6-8-15(9-7-14)18(3,4)5/h6-9,12-13,16H,10-11H2,1-5H3,(H,20,21). The maximum atomic E-state index is 11.2. The third-order valence-corrected chi connectivity index (χ3v) is 4.76. The van der Waals surface area contributed by atoms with E-state index in [4.69, 9.17) is 0 Å². The Morgan fingerprint density at radius 3 is 2.24 bits per heavy atom. The van der Waals surface area contributed by atoms with Crippen LogP contribution in [0, 0.1) is 11.8 Å². The lowest BCUT2D eigenvalue weighted by Crippen LogP contribution is -2.26. The number of likely N-dealkylation sites (tertiary alicyclic amines) is 1. The second kappa shape index (κ2) is 5.80. The van der Waals surface area contributed by atoms with Crippen molar-refractivity contribution in [1.29, 1.82) is 0 Å². The van der Waals surface area contributed by atoms with Crippen LogP contribution in [-0.2, 0) is 10.2 Å². The molecule has 116 valence electrons. The van der Waals surface area contributed by atoms with E-state index < -0.39 is 5.97 Å². The maximum Gasteiger partial charge on any atom is 0.308 e. The van der Waals surface area contributed by atoms with Crippen molar-refractivity contribution in [3.05, 3.63) is 35.4 Å². The first-order chi connectivity index (χ1) is 9.70. The average Bonchev–Trinajstić information content (AvgIpc) is 2.79. The number of hydrogen-bond donors (Lipinski definition) is 1. The SMILES string of the molecule is CC1CN(C(C)c2ccc(C(C)(C)C)cc2)CC1C(=O)O. The summed E-state index contributed by atoms with van der Waals surface area (Å²) in [5.41, 5.74) is 2.76. The van der Waals surface area contributed by atoms with E-state index in [0.29, 0.717) is 6.54 Å². The zero-order valence-electron chi connectivity index (χ0n) is 13.8. The molecule has 3 nitrogen and oxygen atoms in total. The molecule has 21 heavy (non-hydrogen) atoms. The summed E-state index contributed by atoms with van der Waals surface area (Å²) in [6.45, 7) is 12.4. The molecule has 0 radical (unpaired) electrons. The number of carbonyl (C=O) groups is 1. The summed E-state index contributed by atoms with van der Waals surface area (Å²) in [5.74, 6) is -0.680. The van der Waals surface area contributed by atoms with Crippen LogP contribution >= 0.6 is 0 Å². The van der Waals surface area contributed by atoms with Crippen LogP contribution in [0.3, 0.4) is 0 Å². The summed E-state index contributed by atoms with van der Waals surface area (Å²) >= 11 is 0. The summed E-state index contributed by atoms with van der Waals surface area (Å²) in [6.07, 6.45) is 0. The third kappa shape index (κ3) is 3.46. The Balaban J connectivity index is 2.11. The lowest BCUT2D eigenvalue weighted by atomic mass is 9.86. The van der Waals surface area contributed by atoms with E-state index in [0.717, 1.165) is 6.54 Å². The molecule has 1 N–H and O–H groups in total. The van der Waals surface area contributed by atoms with Crippen LogP contribution < -0.4 is 0 Å². The number of nitrogens with zero attached hydrogens (tertiary/aromatic N) is 1. The van der Waals surface area contributed by atoms with E-state index >= 15 is 0 Å². The molecule has 1 aromatic rings. The highest BCUT2D eigenvalue weighted by Crippen LogP contribution is 2.32. The van der Waals surface area contributed by atoms with E-state index in [-0.39, 0.29) is 23.3 Å². The van der Waals surface area contributed by atoms with Crippen molar-refractivity contribution in [1.82, 2.24) is 4.90 Å². The molecule has 0 aliphatic carbocycles. The number of hydrogen-bond acceptors (Lipinski definition) is 2. The molecule has 1 fully saturated rings. The number of rotatable bonds is 3. The van der Waals surface area contributed by atoms with Gasteiger partial charge in [0.2, 0.25) is 0 Å². The summed E-state index contributed by atoms with van der Waals surface area (Å²) in [5, 5.41) is 9.25. The number of aliphatic carboxylic acids is 1. The van der Waals surface area contributed by atoms with E-state index in [1.54, 1.807) is 0 Å². The fraction of sp³-hybridized carbons (Fsp3) is 0.611. The fourth-order valence-corrected chi connectivity index (χ4v) is 3.11. The van der Waals surface area contributed by atoms with Gasteiger partial charge < -0.3 is 5.11 Å². The minimum absolute atomic E-state index is 0.165. The first-order valence-corrected chi connectivity index (χ1v) is 7.77. The molecule has 0 saturated carbocycles. The molecular weight excluding hydrogens is 262 g/mol. The summed E-state index contributed by atoms with van der Waals surface area (Å²) in [4.78, 5) is 13.5. The Morgan fingerprint density at radius 1 is 1.24 bits per heavy atom. The van der Waals surface area contributed by atoms with Gasteiger partial charge in [-0.15, -0.1) is 0 Å². The molecule has 0 aromatic heterocycles. The number of carboxylic acids is 1. The van der Waals surface area contributed by atoms with Crippen molar-refractivity contribution in [2.45, 2.75) is 46.1 Å². The second-order valence-electron chi connectivity index (χ2n) is 7.42. The van der Waals surface area contributed by atoms with Crippen LogP contribution in [0.15, 0.2) is 24.3 Å². The summed E-state index contributed by atoms with van der Waals surface area (Å²) < 4.78 is 0. The van der Waals surface area contributed by atoms with Crippen LogP contribution in [0.25, 0.3) is 0 Å². The van der Waals surface area contributed by atoms with Gasteiger partial charge >= 0.3 is 5.97 Å². The molecule has 3 heteroatoms. The molecule has 1 heterocycles. The smallest absolute Gasteiger partial charge is 0.308 e. The maximum absolute atomic E-state index is 11.2. The van der Waals surface area contributed by atoms with Gasteiger partial charge in [-0.05, 0) is 29.4 Å². The molecule has 1 saturated heterocycles. The first-order valence-electron chi connectivity index (χ1n) is 7.77. The Bertz CT molecular complexity index is 501. The van der Waals surface area contributed by atoms with Gasteiger partial charge in [-0.3, -0.25) is 9.69 Å². The van der Waals surface area contributed by atoms with Crippen LogP contribution in [0.4, 0.5) is 0 Å². The minimum atomic E-state index is -0.666. The lowest BCUT2D eigenvalue weighted by Gasteiger charge is -2.26. The Morgan fingerprint density at radius 2 is 1.81 bits per heavy atom. The zero-order chi connectivity index (χ0) is 15.8. The highest BCUT2D eigenvalue weighted by molar-refractivity contribution is 5.71. The van der Waals surface area contributed by atoms with Crippen molar-refractivity contribution < 1.29 is 9.90 Å². The predicted octanol–water partition coefficient (Wildman–Crippen LogP) is 3.70. The topological polar surface area (TPSA) is 40.5 Å². The largest absolute Gasteiger partial charge is 0.481 e. The van der Waals surface area contributed by atoms with Crippen LogP contribution in [0.2, 0.25) is 0 Å². The van der Waals surface area contributed by atoms with Gasteiger partial charge in [-0.25, -0.2) is 0 Å². The number of carboxylic acid groups (broad SMARTS) is 1. The van der Waals surface area contributed by atoms with Crippen LogP contribution in [0.5, 0.6) is 0 Å². The fourth-order valence-electron chi connectivity index (χ4n) is 3.11. The molecule has 0 spiro atoms. The quantitative estimate of drug-likeness (QED) is 0.922. The van der Waals surface area contributed by atoms with E-state index in [1.165, 1.54) is 11.1 Å². The molecule has 1 aliphatic rings. The molecule has 3 atom stereocenters.